The number of nitrogens with one attached hydrogen (secondary N) is 10. The van der Waals surface area contributed by atoms with E-state index in [1.54, 1.807) is 26.0 Å². The van der Waals surface area contributed by atoms with E-state index < -0.39 is 205 Å². The van der Waals surface area contributed by atoms with E-state index in [0.717, 1.165) is 43.9 Å². The zero-order valence-corrected chi connectivity index (χ0v) is 53.9. The Morgan fingerprint density at radius 2 is 1.09 bits per heavy atom. The Morgan fingerprint density at radius 1 is 0.570 bits per heavy atom. The highest BCUT2D eigenvalue weighted by Crippen LogP contribution is 2.24. The second-order valence-corrected chi connectivity index (χ2v) is 24.6. The standard InChI is InChI=1S/C60H95N13O20/c1-31(2)20-15-13-11-9-8-10-12-14-16-23-41(74)65-38(28-46(81)82)53(85)71-50-35(7)64-54(86)40-22-19-25-73(40)58(90)47(32(3)4)69-57(89)49(34(6)61)68-43(76)30-63-51(83)36(26-44(77)78)66-42(75)29-62-52(84)37(27-45(79)80)67-56(88)48(33(5)60(92)93)70-55(87)39-21-17-18-24-72(39)59(50)91/h14,16,31-40,47-50H,8-13,15,17-30,61H2,1-7H3,(H,62,84)(H,63,83)(H,64,86)(H,65,74)(H,66,75)(H,67,88)(H,68,76)(H,69,89)(H,70,87)(H,71,85)(H,77,78)(H,79,80)(H,81,82)(H,92,93)/b16-14-/t33-,34+,35+,36-,37-,38-,39-,40-,47-,48-,49+,50-/m0/s1. The molecule has 0 bridgehead atoms. The molecule has 3 aliphatic heterocycles. The summed E-state index contributed by atoms with van der Waals surface area (Å²) in [6.07, 6.45) is 8.46. The van der Waals surface area contributed by atoms with Gasteiger partial charge >= 0.3 is 23.9 Å². The smallest absolute Gasteiger partial charge is 0.308 e. The van der Waals surface area contributed by atoms with Gasteiger partial charge in [0.25, 0.3) is 0 Å². The topological polar surface area (TPSA) is 507 Å². The molecule has 520 valence electrons. The zero-order valence-electron chi connectivity index (χ0n) is 53.9. The monoisotopic (exact) mass is 1320 g/mol. The molecule has 3 fully saturated rings. The van der Waals surface area contributed by atoms with Crippen LogP contribution in [0.1, 0.15) is 158 Å². The van der Waals surface area contributed by atoms with Crippen molar-refractivity contribution in [1.29, 1.82) is 0 Å². The highest BCUT2D eigenvalue weighted by Gasteiger charge is 2.45. The van der Waals surface area contributed by atoms with E-state index >= 15 is 4.79 Å². The van der Waals surface area contributed by atoms with Gasteiger partial charge < -0.3 is 89.1 Å². The Kier molecular flexibility index (Phi) is 32.8. The van der Waals surface area contributed by atoms with Gasteiger partial charge in [0.1, 0.15) is 54.4 Å². The molecule has 33 heteroatoms. The van der Waals surface area contributed by atoms with E-state index in [2.05, 4.69) is 56.4 Å². The van der Waals surface area contributed by atoms with Crippen LogP contribution in [0, 0.1) is 17.8 Å². The predicted octanol–water partition coefficient (Wildman–Crippen LogP) is -2.63. The van der Waals surface area contributed by atoms with Gasteiger partial charge in [-0.2, -0.15) is 0 Å². The van der Waals surface area contributed by atoms with Gasteiger partial charge in [0.05, 0.1) is 44.3 Å². The minimum absolute atomic E-state index is 0.0224. The lowest BCUT2D eigenvalue weighted by molar-refractivity contribution is -0.150. The molecule has 93 heavy (non-hydrogen) atoms. The first-order valence-corrected chi connectivity index (χ1v) is 31.6. The lowest BCUT2D eigenvalue weighted by Crippen LogP contribution is -2.66. The number of hydrogen-bond donors (Lipinski definition) is 15. The number of rotatable bonds is 24. The van der Waals surface area contributed by atoms with Crippen molar-refractivity contribution < 1.29 is 97.1 Å². The van der Waals surface area contributed by atoms with Crippen LogP contribution in [0.4, 0.5) is 0 Å². The molecule has 12 atom stereocenters. The number of nitrogens with zero attached hydrogens (tertiary/aromatic N) is 2. The molecule has 3 rings (SSSR count). The average Bonchev–Trinajstić information content (AvgIpc) is 1.71. The number of carbonyl (C=O) groups is 16. The number of fused-ring (bicyclic) bond motifs is 2. The lowest BCUT2D eigenvalue weighted by Gasteiger charge is -2.39. The third-order valence-electron chi connectivity index (χ3n) is 16.0. The van der Waals surface area contributed by atoms with Gasteiger partial charge in [-0.1, -0.05) is 78.4 Å². The number of unbranched alkanes of at least 4 members (excludes halogenated alkanes) is 6. The fourth-order valence-corrected chi connectivity index (χ4v) is 10.7. The number of carboxylic acid groups (broad SMARTS) is 4. The summed E-state index contributed by atoms with van der Waals surface area (Å²) in [4.78, 5) is 219. The van der Waals surface area contributed by atoms with Crippen molar-refractivity contribution in [3.63, 3.8) is 0 Å². The molecule has 0 aromatic carbocycles. The number of nitrogens with two attached hydrogens (primary N) is 1. The number of carboxylic acids is 4. The van der Waals surface area contributed by atoms with Crippen LogP contribution in [0.3, 0.4) is 0 Å². The average molecular weight is 1320 g/mol. The minimum atomic E-state index is -2.15. The van der Waals surface area contributed by atoms with Crippen LogP contribution in [0.5, 0.6) is 0 Å². The summed E-state index contributed by atoms with van der Waals surface area (Å²) in [6, 6.07) is -18.5. The summed E-state index contributed by atoms with van der Waals surface area (Å²) in [5.74, 6) is -21.8. The largest absolute Gasteiger partial charge is 0.481 e. The molecule has 3 saturated heterocycles. The van der Waals surface area contributed by atoms with Crippen molar-refractivity contribution in [2.24, 2.45) is 23.5 Å². The van der Waals surface area contributed by atoms with Gasteiger partial charge in [-0.3, -0.25) is 76.7 Å². The van der Waals surface area contributed by atoms with Crippen molar-refractivity contribution in [2.45, 2.75) is 224 Å². The van der Waals surface area contributed by atoms with E-state index in [1.807, 2.05) is 10.6 Å². The summed E-state index contributed by atoms with van der Waals surface area (Å²) in [5, 5.41) is 62.3. The Hall–Kier alpha value is -8.78. The van der Waals surface area contributed by atoms with Crippen molar-refractivity contribution in [1.82, 2.24) is 63.0 Å². The molecule has 0 aromatic rings. The third-order valence-corrected chi connectivity index (χ3v) is 16.0. The lowest BCUT2D eigenvalue weighted by atomic mass is 9.96. The molecule has 0 saturated carbocycles. The second-order valence-electron chi connectivity index (χ2n) is 24.6. The van der Waals surface area contributed by atoms with Crippen LogP contribution in [0.2, 0.25) is 0 Å². The number of carbonyl (C=O) groups excluding carboxylic acids is 12. The molecule has 0 radical (unpaired) electrons. The molecule has 16 N–H and O–H groups in total. The molecule has 0 unspecified atom stereocenters. The van der Waals surface area contributed by atoms with Crippen LogP contribution in [0.25, 0.3) is 0 Å². The zero-order chi connectivity index (χ0) is 69.8. The molecule has 3 heterocycles. The molecule has 0 aromatic heterocycles. The Balaban J connectivity index is 2.14. The minimum Gasteiger partial charge on any atom is -0.481 e. The van der Waals surface area contributed by atoms with Crippen LogP contribution < -0.4 is 58.9 Å². The van der Waals surface area contributed by atoms with Crippen molar-refractivity contribution >= 4 is 94.8 Å². The Bertz CT molecular complexity index is 2740. The molecular formula is C60H95N13O20. The summed E-state index contributed by atoms with van der Waals surface area (Å²) in [5.41, 5.74) is 6.12. The highest BCUT2D eigenvalue weighted by atomic mass is 16.4. The van der Waals surface area contributed by atoms with Crippen LogP contribution >= 0.6 is 0 Å². The molecule has 12 amide bonds. The molecule has 33 nitrogen and oxygen atoms in total. The fraction of sp³-hybridized carbons (Fsp3) is 0.700. The Labute approximate surface area is 539 Å². The SMILES string of the molecule is CC(C)CCCCCCCC/C=C\CC(=O)N[C@@H](CC(=O)O)C(=O)N[C@@H]1C(=O)N2CCCC[C@H]2C(=O)N[C@@H]([C@H](C)C(=O)O)C(=O)N[C@@H](CC(=O)O)C(=O)NCC(=O)N[C@@H](CC(=O)O)C(=O)NCC(=O)N[C@H]([C@@H](C)N)C(=O)N[C@@H](C(C)C)C(=O)N2CCC[C@H]2C(=O)N[C@@H]1C. The second kappa shape index (κ2) is 38.9. The van der Waals surface area contributed by atoms with E-state index in [1.165, 1.54) is 31.6 Å². The molecule has 3 aliphatic rings. The van der Waals surface area contributed by atoms with Gasteiger partial charge in [0, 0.05) is 25.6 Å². The van der Waals surface area contributed by atoms with Gasteiger partial charge in [-0.05, 0) is 77.6 Å². The maximum Gasteiger partial charge on any atom is 0.308 e. The number of hydrogen-bond acceptors (Lipinski definition) is 17. The van der Waals surface area contributed by atoms with Crippen molar-refractivity contribution in [3.05, 3.63) is 12.2 Å². The van der Waals surface area contributed by atoms with Gasteiger partial charge in [0.15, 0.2) is 0 Å². The van der Waals surface area contributed by atoms with Crippen LogP contribution in [-0.4, -0.2) is 218 Å². The first-order chi connectivity index (χ1) is 43.7. The summed E-state index contributed by atoms with van der Waals surface area (Å²) >= 11 is 0. The predicted molar refractivity (Wildman–Crippen MR) is 329 cm³/mol. The van der Waals surface area contributed by atoms with Crippen LogP contribution in [-0.2, 0) is 76.7 Å². The number of piperidine rings is 1. The Morgan fingerprint density at radius 3 is 1.65 bits per heavy atom. The molecular weight excluding hydrogens is 1220 g/mol. The van der Waals surface area contributed by atoms with Crippen LogP contribution in [0.15, 0.2) is 12.2 Å². The number of amides is 12. The van der Waals surface area contributed by atoms with Gasteiger partial charge in [0.2, 0.25) is 70.9 Å². The van der Waals surface area contributed by atoms with E-state index in [-0.39, 0.29) is 51.6 Å². The normalized spacial score (nSPS) is 25.0. The van der Waals surface area contributed by atoms with E-state index in [0.29, 0.717) is 12.3 Å². The van der Waals surface area contributed by atoms with Crippen molar-refractivity contribution in [2.75, 3.05) is 26.2 Å². The fourth-order valence-electron chi connectivity index (χ4n) is 10.7. The van der Waals surface area contributed by atoms with Crippen molar-refractivity contribution in [3.8, 4) is 0 Å². The maximum atomic E-state index is 15.2. The molecule has 0 spiro atoms. The quantitative estimate of drug-likeness (QED) is 0.0347. The van der Waals surface area contributed by atoms with E-state index in [4.69, 9.17) is 5.73 Å². The third kappa shape index (κ3) is 26.4. The first kappa shape index (κ1) is 78.5. The van der Waals surface area contributed by atoms with E-state index in [9.17, 15) is 92.3 Å². The first-order valence-electron chi connectivity index (χ1n) is 31.6. The summed E-state index contributed by atoms with van der Waals surface area (Å²) in [7, 11) is 0. The van der Waals surface area contributed by atoms with Gasteiger partial charge in [-0.25, -0.2) is 0 Å². The summed E-state index contributed by atoms with van der Waals surface area (Å²) < 4.78 is 0. The van der Waals surface area contributed by atoms with Gasteiger partial charge in [-0.15, -0.1) is 0 Å². The molecule has 0 aliphatic carbocycles. The number of allylic oxidation sites excluding steroid dienone is 1. The highest BCUT2D eigenvalue weighted by molar-refractivity contribution is 6.01. The number of aliphatic carboxylic acids is 4. The summed E-state index contributed by atoms with van der Waals surface area (Å²) in [6.45, 7) is 8.74. The maximum absolute atomic E-state index is 15.2.